The Bertz CT molecular complexity index is 971. The summed E-state index contributed by atoms with van der Waals surface area (Å²) in [5.41, 5.74) is 2.09. The van der Waals surface area contributed by atoms with Crippen LogP contribution in [0.5, 0.6) is 0 Å². The molecule has 0 bridgehead atoms. The summed E-state index contributed by atoms with van der Waals surface area (Å²) in [7, 11) is 0. The predicted molar refractivity (Wildman–Crippen MR) is 74.5 cm³/mol. The van der Waals surface area contributed by atoms with Gasteiger partial charge in [0.1, 0.15) is 0 Å². The standard InChI is InChI=1S/C15H9N3O2/c19-15-11-8-4-5-9-12(11)18-14(20-15)13(16-17-18)10-6-2-1-3-7-10/h1-9H. The molecule has 2 heterocycles. The molecule has 20 heavy (non-hydrogen) atoms. The van der Waals surface area contributed by atoms with Crippen molar-refractivity contribution in [3.05, 3.63) is 65.0 Å². The maximum absolute atomic E-state index is 12.0. The van der Waals surface area contributed by atoms with Crippen molar-refractivity contribution < 1.29 is 4.42 Å². The van der Waals surface area contributed by atoms with Gasteiger partial charge in [0.15, 0.2) is 5.69 Å². The van der Waals surface area contributed by atoms with Crippen molar-refractivity contribution in [2.45, 2.75) is 0 Å². The van der Waals surface area contributed by atoms with E-state index in [0.29, 0.717) is 22.3 Å². The molecule has 0 N–H and O–H groups in total. The van der Waals surface area contributed by atoms with E-state index in [1.807, 2.05) is 42.5 Å². The van der Waals surface area contributed by atoms with E-state index in [-0.39, 0.29) is 5.63 Å². The zero-order valence-corrected chi connectivity index (χ0v) is 10.4. The summed E-state index contributed by atoms with van der Waals surface area (Å²) in [6, 6.07) is 16.7. The van der Waals surface area contributed by atoms with Crippen LogP contribution in [0.15, 0.2) is 63.8 Å². The Kier molecular flexibility index (Phi) is 2.20. The number of rotatable bonds is 1. The molecule has 0 saturated heterocycles. The molecule has 2 aromatic heterocycles. The van der Waals surface area contributed by atoms with Crippen LogP contribution in [-0.2, 0) is 0 Å². The van der Waals surface area contributed by atoms with Crippen molar-refractivity contribution in [3.8, 4) is 11.3 Å². The summed E-state index contributed by atoms with van der Waals surface area (Å²) < 4.78 is 6.94. The van der Waals surface area contributed by atoms with Gasteiger partial charge < -0.3 is 4.42 Å². The molecule has 0 radical (unpaired) electrons. The lowest BCUT2D eigenvalue weighted by Crippen LogP contribution is -2.04. The molecule has 5 heteroatoms. The molecule has 0 unspecified atom stereocenters. The molecule has 96 valence electrons. The Hall–Kier alpha value is -2.95. The lowest BCUT2D eigenvalue weighted by atomic mass is 10.2. The van der Waals surface area contributed by atoms with Crippen molar-refractivity contribution in [2.24, 2.45) is 0 Å². The number of fused-ring (bicyclic) bond motifs is 3. The minimum absolute atomic E-state index is 0.361. The molecule has 0 aliphatic rings. The molecular formula is C15H9N3O2. The van der Waals surface area contributed by atoms with E-state index in [1.54, 1.807) is 16.6 Å². The molecule has 0 spiro atoms. The Morgan fingerprint density at radius 3 is 2.55 bits per heavy atom. The first-order valence-corrected chi connectivity index (χ1v) is 6.17. The highest BCUT2D eigenvalue weighted by Gasteiger charge is 2.14. The van der Waals surface area contributed by atoms with Crippen LogP contribution in [0.1, 0.15) is 0 Å². The molecule has 5 nitrogen and oxygen atoms in total. The van der Waals surface area contributed by atoms with Crippen LogP contribution in [0.4, 0.5) is 0 Å². The number of nitrogens with zero attached hydrogens (tertiary/aromatic N) is 3. The summed E-state index contributed by atoms with van der Waals surface area (Å²) in [4.78, 5) is 12.0. The highest BCUT2D eigenvalue weighted by molar-refractivity contribution is 5.82. The SMILES string of the molecule is O=c1oc2c(-c3ccccc3)nnn2c2ccccc12. The number of aromatic nitrogens is 3. The third-order valence-electron chi connectivity index (χ3n) is 3.22. The average molecular weight is 263 g/mol. The van der Waals surface area contributed by atoms with Gasteiger partial charge in [0.05, 0.1) is 10.9 Å². The summed E-state index contributed by atoms with van der Waals surface area (Å²) in [6.07, 6.45) is 0. The number of para-hydroxylation sites is 1. The van der Waals surface area contributed by atoms with E-state index < -0.39 is 0 Å². The van der Waals surface area contributed by atoms with E-state index >= 15 is 0 Å². The monoisotopic (exact) mass is 263 g/mol. The lowest BCUT2D eigenvalue weighted by molar-refractivity contribution is 0.543. The van der Waals surface area contributed by atoms with Gasteiger partial charge in [-0.05, 0) is 12.1 Å². The third-order valence-corrected chi connectivity index (χ3v) is 3.22. The maximum atomic E-state index is 12.0. The molecule has 0 fully saturated rings. The van der Waals surface area contributed by atoms with Crippen LogP contribution in [0, 0.1) is 0 Å². The van der Waals surface area contributed by atoms with E-state index in [1.165, 1.54) is 0 Å². The highest BCUT2D eigenvalue weighted by atomic mass is 16.4. The number of hydrogen-bond donors (Lipinski definition) is 0. The van der Waals surface area contributed by atoms with Gasteiger partial charge in [-0.15, -0.1) is 5.10 Å². The van der Waals surface area contributed by atoms with E-state index in [0.717, 1.165) is 5.56 Å². The fraction of sp³-hybridized carbons (Fsp3) is 0. The summed E-state index contributed by atoms with van der Waals surface area (Å²) >= 11 is 0. The predicted octanol–water partition coefficient (Wildman–Crippen LogP) is 2.50. The number of benzene rings is 2. The topological polar surface area (TPSA) is 60.4 Å². The van der Waals surface area contributed by atoms with Crippen molar-refractivity contribution in [2.75, 3.05) is 0 Å². The minimum Gasteiger partial charge on any atom is -0.401 e. The number of hydrogen-bond acceptors (Lipinski definition) is 4. The molecule has 0 aliphatic carbocycles. The van der Waals surface area contributed by atoms with Crippen LogP contribution in [0.2, 0.25) is 0 Å². The summed E-state index contributed by atoms with van der Waals surface area (Å²) in [6.45, 7) is 0. The van der Waals surface area contributed by atoms with Gasteiger partial charge in [0, 0.05) is 5.56 Å². The first-order valence-electron chi connectivity index (χ1n) is 6.17. The second-order valence-electron chi connectivity index (χ2n) is 4.43. The summed E-state index contributed by atoms with van der Waals surface area (Å²) in [5, 5.41) is 8.73. The van der Waals surface area contributed by atoms with Gasteiger partial charge in [0.2, 0.25) is 0 Å². The Balaban J connectivity index is 2.15. The molecule has 0 amide bonds. The van der Waals surface area contributed by atoms with E-state index in [2.05, 4.69) is 10.3 Å². The van der Waals surface area contributed by atoms with Crippen LogP contribution in [-0.4, -0.2) is 14.8 Å². The molecule has 4 rings (SSSR count). The van der Waals surface area contributed by atoms with Crippen LogP contribution in [0.25, 0.3) is 27.9 Å². The van der Waals surface area contributed by atoms with Crippen LogP contribution >= 0.6 is 0 Å². The molecule has 4 aromatic rings. The van der Waals surface area contributed by atoms with E-state index in [9.17, 15) is 4.79 Å². The zero-order chi connectivity index (χ0) is 13.5. The third kappa shape index (κ3) is 1.46. The van der Waals surface area contributed by atoms with Crippen molar-refractivity contribution in [1.29, 1.82) is 0 Å². The van der Waals surface area contributed by atoms with Gasteiger partial charge in [0.25, 0.3) is 5.71 Å². The quantitative estimate of drug-likeness (QED) is 0.529. The highest BCUT2D eigenvalue weighted by Crippen LogP contribution is 2.23. The van der Waals surface area contributed by atoms with Gasteiger partial charge >= 0.3 is 5.63 Å². The Morgan fingerprint density at radius 2 is 1.70 bits per heavy atom. The Labute approximate surface area is 113 Å². The normalized spacial score (nSPS) is 11.2. The smallest absolute Gasteiger partial charge is 0.347 e. The van der Waals surface area contributed by atoms with E-state index in [4.69, 9.17) is 4.42 Å². The fourth-order valence-corrected chi connectivity index (χ4v) is 2.27. The zero-order valence-electron chi connectivity index (χ0n) is 10.4. The van der Waals surface area contributed by atoms with Gasteiger partial charge in [-0.1, -0.05) is 47.7 Å². The largest absolute Gasteiger partial charge is 0.401 e. The van der Waals surface area contributed by atoms with Gasteiger partial charge in [-0.2, -0.15) is 4.52 Å². The van der Waals surface area contributed by atoms with Gasteiger partial charge in [-0.25, -0.2) is 4.79 Å². The van der Waals surface area contributed by atoms with Crippen LogP contribution < -0.4 is 5.63 Å². The molecular weight excluding hydrogens is 254 g/mol. The fourth-order valence-electron chi connectivity index (χ4n) is 2.27. The van der Waals surface area contributed by atoms with Crippen molar-refractivity contribution >= 4 is 16.6 Å². The molecule has 0 aliphatic heterocycles. The summed E-state index contributed by atoms with van der Waals surface area (Å²) in [5.74, 6) is 0. The maximum Gasteiger partial charge on any atom is 0.347 e. The second kappa shape index (κ2) is 4.03. The van der Waals surface area contributed by atoms with Crippen molar-refractivity contribution in [1.82, 2.24) is 14.8 Å². The molecule has 0 atom stereocenters. The molecule has 2 aromatic carbocycles. The first-order chi connectivity index (χ1) is 9.84. The van der Waals surface area contributed by atoms with Gasteiger partial charge in [-0.3, -0.25) is 0 Å². The minimum atomic E-state index is -0.382. The molecule has 0 saturated carbocycles. The lowest BCUT2D eigenvalue weighted by Gasteiger charge is -1.99. The van der Waals surface area contributed by atoms with Crippen LogP contribution in [0.3, 0.4) is 0 Å². The second-order valence-corrected chi connectivity index (χ2v) is 4.43. The Morgan fingerprint density at radius 1 is 0.950 bits per heavy atom. The van der Waals surface area contributed by atoms with Crippen molar-refractivity contribution in [3.63, 3.8) is 0 Å². The average Bonchev–Trinajstić information content (AvgIpc) is 2.92. The first kappa shape index (κ1) is 10.9.